The molecule has 2 aromatic heterocycles. The van der Waals surface area contributed by atoms with Gasteiger partial charge in [-0.1, -0.05) is 12.1 Å². The van der Waals surface area contributed by atoms with E-state index in [0.29, 0.717) is 6.54 Å². The molecule has 3 heterocycles. The number of carbonyl (C=O) groups excluding carboxylic acids is 1. The second-order valence-electron chi connectivity index (χ2n) is 9.56. The topological polar surface area (TPSA) is 153 Å². The van der Waals surface area contributed by atoms with Gasteiger partial charge in [0.25, 0.3) is 0 Å². The molecule has 186 valence electrons. The van der Waals surface area contributed by atoms with Crippen molar-refractivity contribution in [1.29, 1.82) is 0 Å². The van der Waals surface area contributed by atoms with Crippen LogP contribution in [0.5, 0.6) is 0 Å². The number of nitrogens with one attached hydrogen (secondary N) is 1. The number of carboxylic acid groups (broad SMARTS) is 1. The molecule has 0 spiro atoms. The van der Waals surface area contributed by atoms with Crippen molar-refractivity contribution in [2.75, 3.05) is 23.7 Å². The second kappa shape index (κ2) is 8.60. The van der Waals surface area contributed by atoms with Crippen molar-refractivity contribution in [3.8, 4) is 5.82 Å². The lowest BCUT2D eigenvalue weighted by Gasteiger charge is -2.24. The smallest absolute Gasteiger partial charge is 0.407 e. The summed E-state index contributed by atoms with van der Waals surface area (Å²) in [5, 5.41) is 15.9. The summed E-state index contributed by atoms with van der Waals surface area (Å²) >= 11 is 0. The molecule has 12 heteroatoms. The average Bonchev–Trinajstić information content (AvgIpc) is 3.39. The molecule has 1 amide bonds. The Hall–Kier alpha value is -4.09. The monoisotopic (exact) mass is 487 g/mol. The Labute approximate surface area is 199 Å². The lowest BCUT2D eigenvalue weighted by atomic mass is 10.1. The highest BCUT2D eigenvalue weighted by Gasteiger charge is 2.34. The van der Waals surface area contributed by atoms with Crippen molar-refractivity contribution in [3.63, 3.8) is 0 Å². The summed E-state index contributed by atoms with van der Waals surface area (Å²) in [6.07, 6.45) is 1.81. The summed E-state index contributed by atoms with van der Waals surface area (Å²) in [5.41, 5.74) is 3.70. The Balaban J connectivity index is 1.79. The number of fused-ring (bicyclic) bond motifs is 1. The van der Waals surface area contributed by atoms with Crippen LogP contribution in [0.15, 0.2) is 33.9 Å². The number of benzene rings is 1. The molecule has 1 aromatic carbocycles. The number of alkyl carbamates (subject to hydrolysis) is 1. The standard InChI is InChI=1S/C23H26FN5O6/c1-11-8-28(10-13(11)26-22(33)35-23(2,3)4)15-7-14-17(19(25)18(15)24)20(30)12(21(31)32)9-29(14)16-5-6-34-27-16/h5-7,9,11,13H,8,10,25H2,1-4H3,(H,26,33)(H,31,32)/t11-,13+/m0/s1. The number of ether oxygens (including phenoxy) is 1. The van der Waals surface area contributed by atoms with E-state index in [0.717, 1.165) is 6.20 Å². The van der Waals surface area contributed by atoms with E-state index in [9.17, 15) is 19.5 Å². The number of carbonyl (C=O) groups is 2. The van der Waals surface area contributed by atoms with Gasteiger partial charge in [-0.2, -0.15) is 0 Å². The van der Waals surface area contributed by atoms with Crippen LogP contribution < -0.4 is 21.4 Å². The lowest BCUT2D eigenvalue weighted by Crippen LogP contribution is -2.42. The average molecular weight is 487 g/mol. The minimum Gasteiger partial charge on any atom is -0.477 e. The van der Waals surface area contributed by atoms with Crippen molar-refractivity contribution in [1.82, 2.24) is 15.0 Å². The molecule has 35 heavy (non-hydrogen) atoms. The molecular formula is C23H26FN5O6. The van der Waals surface area contributed by atoms with Crippen molar-refractivity contribution in [2.45, 2.75) is 39.3 Å². The lowest BCUT2D eigenvalue weighted by molar-refractivity contribution is 0.0499. The number of pyridine rings is 1. The molecule has 1 aliphatic rings. The van der Waals surface area contributed by atoms with E-state index in [1.807, 2.05) is 6.92 Å². The highest BCUT2D eigenvalue weighted by molar-refractivity contribution is 5.99. The van der Waals surface area contributed by atoms with Gasteiger partial charge in [0.1, 0.15) is 17.4 Å². The SMILES string of the molecule is C[C@H]1CN(c2cc3c(c(N)c2F)c(=O)c(C(=O)O)cn3-c2ccon2)C[C@H]1NC(=O)OC(C)(C)C. The third-order valence-corrected chi connectivity index (χ3v) is 5.81. The molecule has 11 nitrogen and oxygen atoms in total. The van der Waals surface area contributed by atoms with Crippen LogP contribution in [0, 0.1) is 11.7 Å². The number of nitrogen functional groups attached to an aromatic ring is 1. The normalized spacial score (nSPS) is 18.1. The zero-order valence-electron chi connectivity index (χ0n) is 19.7. The summed E-state index contributed by atoms with van der Waals surface area (Å²) in [7, 11) is 0. The summed E-state index contributed by atoms with van der Waals surface area (Å²) < 4.78 is 27.0. The van der Waals surface area contributed by atoms with E-state index >= 15 is 4.39 Å². The fraction of sp³-hybridized carbons (Fsp3) is 0.391. The van der Waals surface area contributed by atoms with Gasteiger partial charge in [-0.05, 0) is 32.8 Å². The van der Waals surface area contributed by atoms with Gasteiger partial charge >= 0.3 is 12.1 Å². The molecule has 4 rings (SSSR count). The summed E-state index contributed by atoms with van der Waals surface area (Å²) in [6.45, 7) is 7.85. The van der Waals surface area contributed by atoms with Crippen LogP contribution in [0.4, 0.5) is 20.6 Å². The molecule has 0 aliphatic carbocycles. The van der Waals surface area contributed by atoms with E-state index in [4.69, 9.17) is 15.0 Å². The number of hydrogen-bond acceptors (Lipinski definition) is 8. The van der Waals surface area contributed by atoms with E-state index in [1.165, 1.54) is 23.0 Å². The predicted molar refractivity (Wildman–Crippen MR) is 125 cm³/mol. The van der Waals surface area contributed by atoms with Gasteiger partial charge in [0, 0.05) is 25.4 Å². The fourth-order valence-electron chi connectivity index (χ4n) is 4.18. The van der Waals surface area contributed by atoms with E-state index in [2.05, 4.69) is 10.5 Å². The third-order valence-electron chi connectivity index (χ3n) is 5.81. The summed E-state index contributed by atoms with van der Waals surface area (Å²) in [4.78, 5) is 38.5. The zero-order valence-corrected chi connectivity index (χ0v) is 19.7. The van der Waals surface area contributed by atoms with Gasteiger partial charge in [-0.15, -0.1) is 0 Å². The molecule has 0 saturated carbocycles. The number of hydrogen-bond donors (Lipinski definition) is 3. The molecule has 0 radical (unpaired) electrons. The van der Waals surface area contributed by atoms with Gasteiger partial charge in [-0.25, -0.2) is 14.0 Å². The fourth-order valence-corrected chi connectivity index (χ4v) is 4.18. The molecule has 1 saturated heterocycles. The first-order valence-corrected chi connectivity index (χ1v) is 10.9. The Bertz CT molecular complexity index is 1360. The van der Waals surface area contributed by atoms with Crippen molar-refractivity contribution in [2.24, 2.45) is 5.92 Å². The zero-order chi connectivity index (χ0) is 25.7. The predicted octanol–water partition coefficient (Wildman–Crippen LogP) is 2.75. The first-order chi connectivity index (χ1) is 16.4. The first kappa shape index (κ1) is 24.0. The minimum absolute atomic E-state index is 0.0500. The Kier molecular flexibility index (Phi) is 5.91. The van der Waals surface area contributed by atoms with Crippen molar-refractivity contribution < 1.29 is 28.3 Å². The van der Waals surface area contributed by atoms with E-state index in [-0.39, 0.29) is 40.9 Å². The van der Waals surface area contributed by atoms with Gasteiger partial charge in [0.05, 0.1) is 28.3 Å². The Morgan fingerprint density at radius 2 is 2.06 bits per heavy atom. The number of carboxylic acids is 1. The number of amides is 1. The molecule has 2 atom stereocenters. The molecule has 1 fully saturated rings. The van der Waals surface area contributed by atoms with Gasteiger partial charge in [0.15, 0.2) is 11.6 Å². The molecule has 0 unspecified atom stereocenters. The molecule has 1 aliphatic heterocycles. The maximum absolute atomic E-state index is 15.5. The maximum Gasteiger partial charge on any atom is 0.407 e. The number of halogens is 1. The van der Waals surface area contributed by atoms with Crippen molar-refractivity contribution in [3.05, 3.63) is 46.2 Å². The maximum atomic E-state index is 15.5. The number of aromatic carboxylic acids is 1. The van der Waals surface area contributed by atoms with Gasteiger partial charge in [-0.3, -0.25) is 9.36 Å². The third kappa shape index (κ3) is 4.51. The van der Waals surface area contributed by atoms with Crippen LogP contribution >= 0.6 is 0 Å². The quantitative estimate of drug-likeness (QED) is 0.472. The molecule has 0 bridgehead atoms. The Morgan fingerprint density at radius 3 is 2.66 bits per heavy atom. The number of nitrogens with zero attached hydrogens (tertiary/aromatic N) is 3. The van der Waals surface area contributed by atoms with Crippen LogP contribution in [0.25, 0.3) is 16.7 Å². The highest BCUT2D eigenvalue weighted by atomic mass is 19.1. The van der Waals surface area contributed by atoms with Crippen LogP contribution in [0.2, 0.25) is 0 Å². The summed E-state index contributed by atoms with van der Waals surface area (Å²) in [6, 6.07) is 2.56. The van der Waals surface area contributed by atoms with Gasteiger partial charge < -0.3 is 30.3 Å². The molecule has 4 N–H and O–H groups in total. The van der Waals surface area contributed by atoms with Crippen molar-refractivity contribution >= 4 is 34.3 Å². The minimum atomic E-state index is -1.48. The highest BCUT2D eigenvalue weighted by Crippen LogP contribution is 2.35. The first-order valence-electron chi connectivity index (χ1n) is 10.9. The largest absolute Gasteiger partial charge is 0.477 e. The number of anilines is 2. The van der Waals surface area contributed by atoms with Crippen LogP contribution in [-0.2, 0) is 4.74 Å². The van der Waals surface area contributed by atoms with Crippen LogP contribution in [0.3, 0.4) is 0 Å². The van der Waals surface area contributed by atoms with E-state index < -0.39 is 40.2 Å². The second-order valence-corrected chi connectivity index (χ2v) is 9.56. The summed E-state index contributed by atoms with van der Waals surface area (Å²) in [5.74, 6) is -2.20. The number of nitrogens with two attached hydrogens (primary N) is 1. The van der Waals surface area contributed by atoms with E-state index in [1.54, 1.807) is 25.7 Å². The molecule has 3 aromatic rings. The number of aromatic nitrogens is 2. The van der Waals surface area contributed by atoms with Crippen LogP contribution in [-0.4, -0.2) is 51.6 Å². The van der Waals surface area contributed by atoms with Crippen LogP contribution in [0.1, 0.15) is 38.1 Å². The Morgan fingerprint density at radius 1 is 1.34 bits per heavy atom. The molecular weight excluding hydrogens is 461 g/mol. The number of rotatable bonds is 4. The van der Waals surface area contributed by atoms with Gasteiger partial charge in [0.2, 0.25) is 5.43 Å².